The lowest BCUT2D eigenvalue weighted by Gasteiger charge is -2.11. The third kappa shape index (κ3) is 5.50. The lowest BCUT2D eigenvalue weighted by Crippen LogP contribution is -2.14. The highest BCUT2D eigenvalue weighted by Crippen LogP contribution is 2.20. The molecule has 138 valence electrons. The van der Waals surface area contributed by atoms with Crippen LogP contribution in [0.3, 0.4) is 0 Å². The number of hydrogen-bond donors (Lipinski definition) is 2. The van der Waals surface area contributed by atoms with Gasteiger partial charge in [-0.25, -0.2) is 0 Å². The molecule has 0 fully saturated rings. The molecule has 0 saturated heterocycles. The van der Waals surface area contributed by atoms with E-state index < -0.39 is 0 Å². The van der Waals surface area contributed by atoms with E-state index in [1.807, 2.05) is 60.7 Å². The summed E-state index contributed by atoms with van der Waals surface area (Å²) in [6.07, 6.45) is 0.310. The number of hydrogen-bond acceptors (Lipinski definition) is 3. The molecule has 1 amide bonds. The van der Waals surface area contributed by atoms with E-state index in [9.17, 15) is 4.79 Å². The van der Waals surface area contributed by atoms with Crippen molar-refractivity contribution in [2.75, 3.05) is 17.7 Å². The molecule has 0 aromatic heterocycles. The molecule has 0 radical (unpaired) electrons. The summed E-state index contributed by atoms with van der Waals surface area (Å²) in [6, 6.07) is 22.8. The van der Waals surface area contributed by atoms with Crippen molar-refractivity contribution in [3.63, 3.8) is 0 Å². The smallest absolute Gasteiger partial charge is 0.228 e. The molecule has 3 aromatic carbocycles. The molecule has 0 saturated carbocycles. The highest BCUT2D eigenvalue weighted by atomic mass is 35.5. The Morgan fingerprint density at radius 3 is 2.30 bits per heavy atom. The molecular formula is C22H21ClN2O2. The second-order valence-corrected chi connectivity index (χ2v) is 6.53. The second-order valence-electron chi connectivity index (χ2n) is 6.09. The highest BCUT2D eigenvalue weighted by molar-refractivity contribution is 6.30. The fourth-order valence-corrected chi connectivity index (χ4v) is 2.84. The summed E-state index contributed by atoms with van der Waals surface area (Å²) in [5.41, 5.74) is 3.74. The molecule has 0 bridgehead atoms. The Bertz CT molecular complexity index is 893. The normalized spacial score (nSPS) is 10.3. The molecule has 0 atom stereocenters. The average Bonchev–Trinajstić information content (AvgIpc) is 2.69. The van der Waals surface area contributed by atoms with E-state index in [0.717, 1.165) is 28.3 Å². The largest absolute Gasteiger partial charge is 0.496 e. The van der Waals surface area contributed by atoms with Crippen LogP contribution >= 0.6 is 11.6 Å². The number of benzene rings is 3. The fourth-order valence-electron chi connectivity index (χ4n) is 2.71. The van der Waals surface area contributed by atoms with Gasteiger partial charge in [0.25, 0.3) is 0 Å². The van der Waals surface area contributed by atoms with Gasteiger partial charge in [-0.15, -0.1) is 0 Å². The summed E-state index contributed by atoms with van der Waals surface area (Å²) in [5.74, 6) is 0.795. The van der Waals surface area contributed by atoms with Crippen molar-refractivity contribution in [2.45, 2.75) is 13.0 Å². The van der Waals surface area contributed by atoms with Crippen molar-refractivity contribution in [1.82, 2.24) is 0 Å². The molecule has 0 aliphatic heterocycles. The van der Waals surface area contributed by atoms with E-state index in [1.54, 1.807) is 19.2 Å². The van der Waals surface area contributed by atoms with Crippen molar-refractivity contribution in [1.29, 1.82) is 0 Å². The van der Waals surface area contributed by atoms with Gasteiger partial charge < -0.3 is 15.4 Å². The summed E-state index contributed by atoms with van der Waals surface area (Å²) in [6.45, 7) is 0.659. The lowest BCUT2D eigenvalue weighted by atomic mass is 10.1. The van der Waals surface area contributed by atoms with Gasteiger partial charge in [-0.05, 0) is 48.0 Å². The molecule has 0 aliphatic rings. The first-order chi connectivity index (χ1) is 13.1. The second kappa shape index (κ2) is 9.10. The number of rotatable bonds is 7. The van der Waals surface area contributed by atoms with Gasteiger partial charge >= 0.3 is 0 Å². The minimum absolute atomic E-state index is 0.0629. The molecule has 0 heterocycles. The van der Waals surface area contributed by atoms with E-state index in [0.29, 0.717) is 18.0 Å². The number of carbonyl (C=O) groups is 1. The minimum Gasteiger partial charge on any atom is -0.496 e. The summed E-state index contributed by atoms with van der Waals surface area (Å²) >= 11 is 5.86. The van der Waals surface area contributed by atoms with Crippen LogP contribution in [0.15, 0.2) is 72.8 Å². The fraction of sp³-hybridized carbons (Fsp3) is 0.136. The van der Waals surface area contributed by atoms with Crippen LogP contribution in [0.25, 0.3) is 0 Å². The Morgan fingerprint density at radius 1 is 0.926 bits per heavy atom. The molecular weight excluding hydrogens is 360 g/mol. The van der Waals surface area contributed by atoms with Gasteiger partial charge in [-0.3, -0.25) is 4.79 Å². The predicted octanol–water partition coefficient (Wildman–Crippen LogP) is 5.14. The van der Waals surface area contributed by atoms with Crippen molar-refractivity contribution in [2.24, 2.45) is 0 Å². The maximum Gasteiger partial charge on any atom is 0.228 e. The van der Waals surface area contributed by atoms with Gasteiger partial charge in [0.15, 0.2) is 0 Å². The number of nitrogens with one attached hydrogen (secondary N) is 2. The standard InChI is InChI=1S/C22H21ClN2O2/c1-27-21-5-3-2-4-17(21)15-24-19-10-12-20(13-11-19)25-22(26)14-16-6-8-18(23)9-7-16/h2-13,24H,14-15H2,1H3,(H,25,26). The van der Waals surface area contributed by atoms with Crippen molar-refractivity contribution < 1.29 is 9.53 Å². The Kier molecular flexibility index (Phi) is 6.34. The Morgan fingerprint density at radius 2 is 1.59 bits per heavy atom. The van der Waals surface area contributed by atoms with E-state index >= 15 is 0 Å². The topological polar surface area (TPSA) is 50.4 Å². The zero-order chi connectivity index (χ0) is 19.1. The highest BCUT2D eigenvalue weighted by Gasteiger charge is 2.05. The summed E-state index contributed by atoms with van der Waals surface area (Å²) in [4.78, 5) is 12.2. The maximum atomic E-state index is 12.2. The van der Waals surface area contributed by atoms with Crippen LogP contribution < -0.4 is 15.4 Å². The number of halogens is 1. The lowest BCUT2D eigenvalue weighted by molar-refractivity contribution is -0.115. The van der Waals surface area contributed by atoms with Crippen LogP contribution in [0.5, 0.6) is 5.75 Å². The first-order valence-corrected chi connectivity index (χ1v) is 9.02. The third-order valence-electron chi connectivity index (χ3n) is 4.12. The molecule has 27 heavy (non-hydrogen) atoms. The predicted molar refractivity (Wildman–Crippen MR) is 111 cm³/mol. The number of ether oxygens (including phenoxy) is 1. The molecule has 5 heteroatoms. The molecule has 4 nitrogen and oxygen atoms in total. The van der Waals surface area contributed by atoms with Crippen LogP contribution in [0, 0.1) is 0 Å². The molecule has 0 spiro atoms. The van der Waals surface area contributed by atoms with E-state index in [2.05, 4.69) is 10.6 Å². The average molecular weight is 381 g/mol. The van der Waals surface area contributed by atoms with Crippen LogP contribution in [0.1, 0.15) is 11.1 Å². The molecule has 0 unspecified atom stereocenters. The van der Waals surface area contributed by atoms with E-state index in [-0.39, 0.29) is 5.91 Å². The van der Waals surface area contributed by atoms with Crippen molar-refractivity contribution in [3.05, 3.63) is 88.9 Å². The summed E-state index contributed by atoms with van der Waals surface area (Å²) in [7, 11) is 1.67. The quantitative estimate of drug-likeness (QED) is 0.596. The van der Waals surface area contributed by atoms with Gasteiger partial charge in [0.2, 0.25) is 5.91 Å². The van der Waals surface area contributed by atoms with Crippen molar-refractivity contribution >= 4 is 28.9 Å². The first-order valence-electron chi connectivity index (χ1n) is 8.64. The minimum atomic E-state index is -0.0629. The van der Waals surface area contributed by atoms with Crippen LogP contribution in [-0.4, -0.2) is 13.0 Å². The van der Waals surface area contributed by atoms with Crippen LogP contribution in [0.4, 0.5) is 11.4 Å². The van der Waals surface area contributed by atoms with Gasteiger partial charge in [0.05, 0.1) is 13.5 Å². The molecule has 3 aromatic rings. The number of carbonyl (C=O) groups excluding carboxylic acids is 1. The third-order valence-corrected chi connectivity index (χ3v) is 4.37. The van der Waals surface area contributed by atoms with Gasteiger partial charge in [0.1, 0.15) is 5.75 Å². The monoisotopic (exact) mass is 380 g/mol. The van der Waals surface area contributed by atoms with E-state index in [1.165, 1.54) is 0 Å². The zero-order valence-corrected chi connectivity index (χ0v) is 15.8. The molecule has 3 rings (SSSR count). The Labute approximate surface area is 164 Å². The van der Waals surface area contributed by atoms with Crippen LogP contribution in [0.2, 0.25) is 5.02 Å². The number of methoxy groups -OCH3 is 1. The van der Waals surface area contributed by atoms with E-state index in [4.69, 9.17) is 16.3 Å². The molecule has 2 N–H and O–H groups in total. The Balaban J connectivity index is 1.53. The molecule has 0 aliphatic carbocycles. The number of anilines is 2. The Hall–Kier alpha value is -2.98. The maximum absolute atomic E-state index is 12.2. The van der Waals surface area contributed by atoms with Gasteiger partial charge in [-0.1, -0.05) is 41.9 Å². The summed E-state index contributed by atoms with van der Waals surface area (Å²) in [5, 5.41) is 6.92. The number of para-hydroxylation sites is 1. The SMILES string of the molecule is COc1ccccc1CNc1ccc(NC(=O)Cc2ccc(Cl)cc2)cc1. The van der Waals surface area contributed by atoms with Gasteiger partial charge in [0, 0.05) is 28.5 Å². The number of amides is 1. The van der Waals surface area contributed by atoms with Gasteiger partial charge in [-0.2, -0.15) is 0 Å². The summed E-state index contributed by atoms with van der Waals surface area (Å²) < 4.78 is 5.36. The first kappa shape index (κ1) is 18.8. The van der Waals surface area contributed by atoms with Crippen LogP contribution in [-0.2, 0) is 17.8 Å². The van der Waals surface area contributed by atoms with Crippen molar-refractivity contribution in [3.8, 4) is 5.75 Å². The zero-order valence-electron chi connectivity index (χ0n) is 15.0.